The van der Waals surface area contributed by atoms with E-state index in [0.717, 1.165) is 5.56 Å². The van der Waals surface area contributed by atoms with Crippen LogP contribution in [0.1, 0.15) is 34.0 Å². The first kappa shape index (κ1) is 18.5. The maximum atomic E-state index is 12.6. The predicted molar refractivity (Wildman–Crippen MR) is 104 cm³/mol. The summed E-state index contributed by atoms with van der Waals surface area (Å²) in [6, 6.07) is 14.4. The Morgan fingerprint density at radius 3 is 2.75 bits per heavy atom. The van der Waals surface area contributed by atoms with Gasteiger partial charge in [-0.1, -0.05) is 36.4 Å². The van der Waals surface area contributed by atoms with E-state index in [1.807, 2.05) is 18.2 Å². The SMILES string of the molecule is O=C(C[C@H]1OC(=O)c2ccccc21)NCCS(=O)(=O)N1CCc2ccccc21. The number of amides is 1. The van der Waals surface area contributed by atoms with Gasteiger partial charge in [0.05, 0.1) is 23.4 Å². The second-order valence-corrected chi connectivity index (χ2v) is 8.81. The summed E-state index contributed by atoms with van der Waals surface area (Å²) in [5.74, 6) is -0.983. The highest BCUT2D eigenvalue weighted by atomic mass is 32.2. The molecule has 0 aliphatic carbocycles. The van der Waals surface area contributed by atoms with Crippen LogP contribution in [0.3, 0.4) is 0 Å². The molecule has 0 aromatic heterocycles. The van der Waals surface area contributed by atoms with Gasteiger partial charge in [-0.05, 0) is 24.1 Å². The lowest BCUT2D eigenvalue weighted by molar-refractivity contribution is -0.122. The molecule has 8 heteroatoms. The Hall–Kier alpha value is -2.87. The maximum Gasteiger partial charge on any atom is 0.339 e. The van der Waals surface area contributed by atoms with Gasteiger partial charge in [0.25, 0.3) is 0 Å². The molecule has 146 valence electrons. The lowest BCUT2D eigenvalue weighted by Crippen LogP contribution is -2.37. The van der Waals surface area contributed by atoms with Crippen molar-refractivity contribution in [2.75, 3.05) is 23.1 Å². The Bertz CT molecular complexity index is 1030. The first-order valence-corrected chi connectivity index (χ1v) is 10.7. The second-order valence-electron chi connectivity index (χ2n) is 6.80. The average Bonchev–Trinajstić information content (AvgIpc) is 3.24. The highest BCUT2D eigenvalue weighted by molar-refractivity contribution is 7.92. The molecule has 2 aliphatic rings. The standard InChI is InChI=1S/C20H20N2O5S/c23-19(13-18-15-6-2-3-7-16(15)20(24)27-18)21-10-12-28(25,26)22-11-9-14-5-1-4-8-17(14)22/h1-8,18H,9-13H2,(H,21,23)/t18-/m1/s1. The molecule has 0 saturated carbocycles. The average molecular weight is 400 g/mol. The molecule has 0 spiro atoms. The number of carbonyl (C=O) groups excluding carboxylic acids is 2. The number of anilines is 1. The molecule has 2 heterocycles. The maximum absolute atomic E-state index is 12.6. The number of rotatable bonds is 6. The zero-order valence-electron chi connectivity index (χ0n) is 15.1. The van der Waals surface area contributed by atoms with Crippen molar-refractivity contribution in [3.8, 4) is 0 Å². The van der Waals surface area contributed by atoms with Crippen LogP contribution >= 0.6 is 0 Å². The fourth-order valence-corrected chi connectivity index (χ4v) is 5.07. The van der Waals surface area contributed by atoms with E-state index in [1.165, 1.54) is 4.31 Å². The van der Waals surface area contributed by atoms with Crippen LogP contribution in [0.2, 0.25) is 0 Å². The molecular weight excluding hydrogens is 380 g/mol. The van der Waals surface area contributed by atoms with Crippen LogP contribution in [0.25, 0.3) is 0 Å². The number of nitrogens with zero attached hydrogens (tertiary/aromatic N) is 1. The Kier molecular flexibility index (Phi) is 4.80. The zero-order chi connectivity index (χ0) is 19.7. The lowest BCUT2D eigenvalue weighted by Gasteiger charge is -2.19. The van der Waals surface area contributed by atoms with Gasteiger partial charge in [-0.15, -0.1) is 0 Å². The highest BCUT2D eigenvalue weighted by Gasteiger charge is 2.32. The molecule has 0 bridgehead atoms. The second kappa shape index (κ2) is 7.27. The topological polar surface area (TPSA) is 92.8 Å². The number of benzene rings is 2. The molecular formula is C20H20N2O5S. The van der Waals surface area contributed by atoms with Crippen molar-refractivity contribution in [3.05, 3.63) is 65.2 Å². The third kappa shape index (κ3) is 3.47. The summed E-state index contributed by atoms with van der Waals surface area (Å²) in [6.45, 7) is 0.423. The van der Waals surface area contributed by atoms with Crippen LogP contribution in [0, 0.1) is 0 Å². The molecule has 0 saturated heterocycles. The third-order valence-electron chi connectivity index (χ3n) is 5.01. The van der Waals surface area contributed by atoms with Gasteiger partial charge in [-0.25, -0.2) is 13.2 Å². The van der Waals surface area contributed by atoms with Crippen LogP contribution in [-0.2, 0) is 26.0 Å². The summed E-state index contributed by atoms with van der Waals surface area (Å²) in [5, 5.41) is 2.62. The molecule has 2 aromatic carbocycles. The van der Waals surface area contributed by atoms with Crippen molar-refractivity contribution in [2.24, 2.45) is 0 Å². The normalized spacial score (nSPS) is 17.8. The Morgan fingerprint density at radius 2 is 1.89 bits per heavy atom. The van der Waals surface area contributed by atoms with Gasteiger partial charge in [0, 0.05) is 18.7 Å². The number of hydrogen-bond donors (Lipinski definition) is 1. The van der Waals surface area contributed by atoms with E-state index in [4.69, 9.17) is 4.74 Å². The molecule has 0 unspecified atom stereocenters. The summed E-state index contributed by atoms with van der Waals surface area (Å²) in [5.41, 5.74) is 2.87. The highest BCUT2D eigenvalue weighted by Crippen LogP contribution is 2.33. The van der Waals surface area contributed by atoms with Gasteiger partial charge in [0.2, 0.25) is 15.9 Å². The summed E-state index contributed by atoms with van der Waals surface area (Å²) in [4.78, 5) is 24.0. The predicted octanol–water partition coefficient (Wildman–Crippen LogP) is 1.80. The summed E-state index contributed by atoms with van der Waals surface area (Å²) >= 11 is 0. The zero-order valence-corrected chi connectivity index (χ0v) is 15.9. The van der Waals surface area contributed by atoms with E-state index >= 15 is 0 Å². The third-order valence-corrected chi connectivity index (χ3v) is 6.78. The van der Waals surface area contributed by atoms with Gasteiger partial charge in [0.15, 0.2) is 0 Å². The van der Waals surface area contributed by atoms with Crippen LogP contribution in [-0.4, -0.2) is 39.1 Å². The molecule has 0 fully saturated rings. The van der Waals surface area contributed by atoms with E-state index in [9.17, 15) is 18.0 Å². The fourth-order valence-electron chi connectivity index (χ4n) is 3.64. The smallest absolute Gasteiger partial charge is 0.339 e. The molecule has 7 nitrogen and oxygen atoms in total. The van der Waals surface area contributed by atoms with Crippen molar-refractivity contribution >= 4 is 27.6 Å². The number of cyclic esters (lactones) is 1. The van der Waals surface area contributed by atoms with Crippen molar-refractivity contribution in [2.45, 2.75) is 18.9 Å². The molecule has 28 heavy (non-hydrogen) atoms. The minimum absolute atomic E-state index is 0.00213. The molecule has 2 aromatic rings. The van der Waals surface area contributed by atoms with Crippen molar-refractivity contribution in [1.82, 2.24) is 5.32 Å². The number of fused-ring (bicyclic) bond motifs is 2. The summed E-state index contributed by atoms with van der Waals surface area (Å²) in [6.07, 6.45) is 0.0228. The van der Waals surface area contributed by atoms with Gasteiger partial charge in [-0.3, -0.25) is 9.10 Å². The number of carbonyl (C=O) groups is 2. The van der Waals surface area contributed by atoms with Gasteiger partial charge < -0.3 is 10.1 Å². The summed E-state index contributed by atoms with van der Waals surface area (Å²) in [7, 11) is -3.52. The minimum Gasteiger partial charge on any atom is -0.453 e. The number of sulfonamides is 1. The monoisotopic (exact) mass is 400 g/mol. The summed E-state index contributed by atoms with van der Waals surface area (Å²) < 4.78 is 31.9. The Morgan fingerprint density at radius 1 is 1.14 bits per heavy atom. The van der Waals surface area contributed by atoms with Gasteiger partial charge >= 0.3 is 5.97 Å². The number of nitrogens with one attached hydrogen (secondary N) is 1. The van der Waals surface area contributed by atoms with Crippen LogP contribution < -0.4 is 9.62 Å². The van der Waals surface area contributed by atoms with Crippen molar-refractivity contribution in [1.29, 1.82) is 0 Å². The first-order chi connectivity index (χ1) is 13.5. The number of ether oxygens (including phenoxy) is 1. The Balaban J connectivity index is 1.32. The van der Waals surface area contributed by atoms with Gasteiger partial charge in [-0.2, -0.15) is 0 Å². The number of hydrogen-bond acceptors (Lipinski definition) is 5. The fraction of sp³-hybridized carbons (Fsp3) is 0.300. The van der Waals surface area contributed by atoms with Crippen molar-refractivity contribution < 1.29 is 22.7 Å². The van der Waals surface area contributed by atoms with E-state index in [1.54, 1.807) is 30.3 Å². The number of para-hydroxylation sites is 1. The molecule has 1 amide bonds. The van der Waals surface area contributed by atoms with E-state index < -0.39 is 22.1 Å². The molecule has 0 radical (unpaired) electrons. The van der Waals surface area contributed by atoms with Crippen LogP contribution in [0.5, 0.6) is 0 Å². The largest absolute Gasteiger partial charge is 0.453 e. The molecule has 1 N–H and O–H groups in total. The van der Waals surface area contributed by atoms with Gasteiger partial charge in [0.1, 0.15) is 6.10 Å². The Labute approximate surface area is 163 Å². The van der Waals surface area contributed by atoms with E-state index in [2.05, 4.69) is 5.32 Å². The quantitative estimate of drug-likeness (QED) is 0.747. The minimum atomic E-state index is -3.52. The molecule has 1 atom stereocenters. The van der Waals surface area contributed by atoms with Crippen molar-refractivity contribution in [3.63, 3.8) is 0 Å². The molecule has 2 aliphatic heterocycles. The van der Waals surface area contributed by atoms with E-state index in [-0.39, 0.29) is 24.6 Å². The first-order valence-electron chi connectivity index (χ1n) is 9.10. The molecule has 4 rings (SSSR count). The van der Waals surface area contributed by atoms with E-state index in [0.29, 0.717) is 29.8 Å². The van der Waals surface area contributed by atoms with Crippen LogP contribution in [0.15, 0.2) is 48.5 Å². The number of esters is 1. The lowest BCUT2D eigenvalue weighted by atomic mass is 10.0. The van der Waals surface area contributed by atoms with Crippen LogP contribution in [0.4, 0.5) is 5.69 Å².